The van der Waals surface area contributed by atoms with Crippen LogP contribution in [0.4, 0.5) is 0 Å². The molecule has 0 amide bonds. The SMILES string of the molecule is COc1ccc2ccccc2c1[Si](Cl)(Cl)Cl. The van der Waals surface area contributed by atoms with E-state index < -0.39 is 6.00 Å². The highest BCUT2D eigenvalue weighted by atomic mass is 35.8. The monoisotopic (exact) mass is 290 g/mol. The Morgan fingerprint density at radius 3 is 2.31 bits per heavy atom. The molecule has 84 valence electrons. The van der Waals surface area contributed by atoms with Crippen molar-refractivity contribution in [3.05, 3.63) is 36.4 Å². The van der Waals surface area contributed by atoms with E-state index >= 15 is 0 Å². The lowest BCUT2D eigenvalue weighted by Crippen LogP contribution is -2.32. The highest BCUT2D eigenvalue weighted by Gasteiger charge is 2.33. The van der Waals surface area contributed by atoms with Crippen molar-refractivity contribution in [3.63, 3.8) is 0 Å². The first kappa shape index (κ1) is 12.1. The Bertz CT molecular complexity index is 522. The highest BCUT2D eigenvalue weighted by molar-refractivity contribution is 7.70. The van der Waals surface area contributed by atoms with Crippen molar-refractivity contribution in [3.8, 4) is 5.75 Å². The summed E-state index contributed by atoms with van der Waals surface area (Å²) in [6, 6.07) is 8.65. The van der Waals surface area contributed by atoms with Gasteiger partial charge in [-0.25, -0.2) is 0 Å². The summed E-state index contributed by atoms with van der Waals surface area (Å²) in [6.07, 6.45) is 0. The van der Waals surface area contributed by atoms with E-state index in [1.807, 2.05) is 36.4 Å². The molecule has 5 heteroatoms. The number of rotatable bonds is 2. The fourth-order valence-electron chi connectivity index (χ4n) is 1.71. The van der Waals surface area contributed by atoms with E-state index in [1.54, 1.807) is 7.11 Å². The molecule has 0 spiro atoms. The van der Waals surface area contributed by atoms with Crippen molar-refractivity contribution < 1.29 is 4.74 Å². The van der Waals surface area contributed by atoms with E-state index in [4.69, 9.17) is 38.0 Å². The maximum atomic E-state index is 6.11. The summed E-state index contributed by atoms with van der Waals surface area (Å²) < 4.78 is 5.26. The number of fused-ring (bicyclic) bond motifs is 1. The maximum absolute atomic E-state index is 6.11. The molecule has 0 radical (unpaired) electrons. The third-order valence-electron chi connectivity index (χ3n) is 2.39. The fraction of sp³-hybridized carbons (Fsp3) is 0.0909. The third-order valence-corrected chi connectivity index (χ3v) is 5.18. The van der Waals surface area contributed by atoms with Gasteiger partial charge in [-0.15, -0.1) is 33.2 Å². The van der Waals surface area contributed by atoms with Gasteiger partial charge < -0.3 is 4.74 Å². The van der Waals surface area contributed by atoms with E-state index in [9.17, 15) is 0 Å². The molecule has 2 aromatic rings. The van der Waals surface area contributed by atoms with Crippen LogP contribution in [-0.4, -0.2) is 13.1 Å². The maximum Gasteiger partial charge on any atom is 0.377 e. The summed E-state index contributed by atoms with van der Waals surface area (Å²) in [5.41, 5.74) is 0. The molecule has 0 aliphatic rings. The quantitative estimate of drug-likeness (QED) is 0.605. The van der Waals surface area contributed by atoms with Gasteiger partial charge in [0.15, 0.2) is 0 Å². The minimum absolute atomic E-state index is 0.644. The summed E-state index contributed by atoms with van der Waals surface area (Å²) in [6.45, 7) is 0. The van der Waals surface area contributed by atoms with Gasteiger partial charge in [0, 0.05) is 5.19 Å². The topological polar surface area (TPSA) is 9.23 Å². The van der Waals surface area contributed by atoms with Crippen LogP contribution in [0.2, 0.25) is 0 Å². The van der Waals surface area contributed by atoms with Gasteiger partial charge in [-0.2, -0.15) is 0 Å². The first-order valence-electron chi connectivity index (χ1n) is 4.67. The lowest BCUT2D eigenvalue weighted by Gasteiger charge is -2.16. The predicted octanol–water partition coefficient (Wildman–Crippen LogP) is 3.71. The number of halogens is 3. The lowest BCUT2D eigenvalue weighted by atomic mass is 10.1. The second kappa shape index (κ2) is 4.45. The zero-order valence-electron chi connectivity index (χ0n) is 8.51. The summed E-state index contributed by atoms with van der Waals surface area (Å²) in [5.74, 6) is 0.644. The molecule has 0 fully saturated rings. The summed E-state index contributed by atoms with van der Waals surface area (Å²) in [5, 5.41) is 2.73. The molecule has 0 atom stereocenters. The van der Waals surface area contributed by atoms with Gasteiger partial charge in [0.25, 0.3) is 0 Å². The Balaban J connectivity index is 2.84. The van der Waals surface area contributed by atoms with Gasteiger partial charge in [0.05, 0.1) is 7.11 Å². The van der Waals surface area contributed by atoms with Crippen molar-refractivity contribution in [1.29, 1.82) is 0 Å². The van der Waals surface area contributed by atoms with Gasteiger partial charge in [-0.1, -0.05) is 30.3 Å². The Morgan fingerprint density at radius 2 is 1.69 bits per heavy atom. The second-order valence-corrected chi connectivity index (χ2v) is 11.7. The van der Waals surface area contributed by atoms with Gasteiger partial charge >= 0.3 is 6.00 Å². The van der Waals surface area contributed by atoms with E-state index in [0.717, 1.165) is 16.0 Å². The first-order valence-corrected chi connectivity index (χ1v) is 9.70. The van der Waals surface area contributed by atoms with Crippen LogP contribution in [0.5, 0.6) is 5.75 Å². The minimum atomic E-state index is -2.97. The molecule has 16 heavy (non-hydrogen) atoms. The van der Waals surface area contributed by atoms with Crippen LogP contribution in [0.3, 0.4) is 0 Å². The molecule has 0 N–H and O–H groups in total. The molecular formula is C11H9Cl3OSi. The van der Waals surface area contributed by atoms with Crippen LogP contribution in [0, 0.1) is 0 Å². The molecule has 0 saturated carbocycles. The van der Waals surface area contributed by atoms with Crippen LogP contribution in [0.1, 0.15) is 0 Å². The molecule has 2 rings (SSSR count). The van der Waals surface area contributed by atoms with Gasteiger partial charge in [-0.05, 0) is 16.8 Å². The van der Waals surface area contributed by atoms with E-state index in [1.165, 1.54) is 0 Å². The number of ether oxygens (including phenoxy) is 1. The van der Waals surface area contributed by atoms with Crippen LogP contribution in [0.15, 0.2) is 36.4 Å². The lowest BCUT2D eigenvalue weighted by molar-refractivity contribution is 0.418. The number of methoxy groups -OCH3 is 1. The van der Waals surface area contributed by atoms with Crippen LogP contribution in [-0.2, 0) is 0 Å². The molecule has 0 saturated heterocycles. The van der Waals surface area contributed by atoms with Crippen molar-refractivity contribution in [2.75, 3.05) is 7.11 Å². The summed E-state index contributed by atoms with van der Waals surface area (Å²) in [4.78, 5) is 0. The van der Waals surface area contributed by atoms with E-state index in [-0.39, 0.29) is 0 Å². The Morgan fingerprint density at radius 1 is 1.00 bits per heavy atom. The smallest absolute Gasteiger partial charge is 0.377 e. The third kappa shape index (κ3) is 2.16. The Kier molecular flexibility index (Phi) is 3.36. The van der Waals surface area contributed by atoms with E-state index in [2.05, 4.69) is 0 Å². The highest BCUT2D eigenvalue weighted by Crippen LogP contribution is 2.29. The second-order valence-electron chi connectivity index (χ2n) is 3.36. The predicted molar refractivity (Wildman–Crippen MR) is 73.4 cm³/mol. The molecule has 0 bridgehead atoms. The van der Waals surface area contributed by atoms with Crippen molar-refractivity contribution in [1.82, 2.24) is 0 Å². The average molecular weight is 292 g/mol. The van der Waals surface area contributed by atoms with Crippen LogP contribution < -0.4 is 9.92 Å². The zero-order chi connectivity index (χ0) is 11.8. The summed E-state index contributed by atoms with van der Waals surface area (Å²) >= 11 is 18.3. The number of benzene rings is 2. The van der Waals surface area contributed by atoms with Crippen molar-refractivity contribution in [2.24, 2.45) is 0 Å². The zero-order valence-corrected chi connectivity index (χ0v) is 11.8. The molecule has 0 aromatic heterocycles. The van der Waals surface area contributed by atoms with Crippen LogP contribution in [0.25, 0.3) is 10.8 Å². The van der Waals surface area contributed by atoms with Gasteiger partial charge in [-0.3, -0.25) is 0 Å². The normalized spacial score (nSPS) is 11.8. The first-order chi connectivity index (χ1) is 7.54. The average Bonchev–Trinajstić information content (AvgIpc) is 2.26. The standard InChI is InChI=1S/C11H9Cl3OSi/c1-15-10-7-6-8-4-2-3-5-9(8)11(10)16(12,13)14/h2-7H,1H3. The fourth-order valence-corrected chi connectivity index (χ4v) is 4.47. The molecule has 0 aliphatic carbocycles. The largest absolute Gasteiger partial charge is 0.497 e. The Labute approximate surface area is 109 Å². The molecule has 0 heterocycles. The number of hydrogen-bond donors (Lipinski definition) is 0. The van der Waals surface area contributed by atoms with Gasteiger partial charge in [0.2, 0.25) is 0 Å². The molecule has 0 unspecified atom stereocenters. The van der Waals surface area contributed by atoms with E-state index in [0.29, 0.717) is 5.75 Å². The molecule has 0 aliphatic heterocycles. The van der Waals surface area contributed by atoms with Gasteiger partial charge in [0.1, 0.15) is 5.75 Å². The minimum Gasteiger partial charge on any atom is -0.497 e. The summed E-state index contributed by atoms with van der Waals surface area (Å²) in [7, 11) is 1.58. The molecule has 1 nitrogen and oxygen atoms in total. The molecule has 2 aromatic carbocycles. The number of hydrogen-bond acceptors (Lipinski definition) is 1. The van der Waals surface area contributed by atoms with Crippen molar-refractivity contribution in [2.45, 2.75) is 0 Å². The van der Waals surface area contributed by atoms with Crippen LogP contribution >= 0.6 is 33.2 Å². The van der Waals surface area contributed by atoms with Crippen molar-refractivity contribution >= 4 is 55.2 Å². The molecular weight excluding hydrogens is 283 g/mol. The Hall–Kier alpha value is -0.413.